The molecule has 0 aliphatic heterocycles. The second kappa shape index (κ2) is 5.20. The molecule has 0 unspecified atom stereocenters. The first-order valence-electron chi connectivity index (χ1n) is 5.44. The molecular formula is C13H8F3NO3. The number of nitrogens with one attached hydrogen (secondary N) is 1. The summed E-state index contributed by atoms with van der Waals surface area (Å²) >= 11 is 0. The normalized spacial score (nSPS) is 11.2. The third-order valence-corrected chi connectivity index (χ3v) is 2.50. The predicted octanol–water partition coefficient (Wildman–Crippen LogP) is 2.75. The van der Waals surface area contributed by atoms with Gasteiger partial charge in [-0.2, -0.15) is 0 Å². The molecular weight excluding hydrogens is 275 g/mol. The van der Waals surface area contributed by atoms with Crippen LogP contribution in [0.4, 0.5) is 13.2 Å². The molecule has 0 saturated heterocycles. The van der Waals surface area contributed by atoms with Crippen molar-refractivity contribution in [2.45, 2.75) is 6.36 Å². The second-order valence-corrected chi connectivity index (χ2v) is 3.80. The number of hydrogen-bond acceptors (Lipinski definition) is 3. The summed E-state index contributed by atoms with van der Waals surface area (Å²) in [6, 6.07) is 6.43. The lowest BCUT2D eigenvalue weighted by Crippen LogP contribution is -2.19. The van der Waals surface area contributed by atoms with E-state index in [0.29, 0.717) is 6.29 Å². The molecule has 4 nitrogen and oxygen atoms in total. The maximum atomic E-state index is 12.3. The van der Waals surface area contributed by atoms with Gasteiger partial charge in [0.2, 0.25) is 0 Å². The third kappa shape index (κ3) is 2.87. The van der Waals surface area contributed by atoms with E-state index < -0.39 is 17.7 Å². The Balaban J connectivity index is 2.65. The van der Waals surface area contributed by atoms with Crippen LogP contribution in [0.25, 0.3) is 11.1 Å². The molecule has 2 aromatic rings. The SMILES string of the molecule is O=Cc1cc[nH]c(=O)c1-c1ccccc1OC(F)(F)F. The Morgan fingerprint density at radius 2 is 1.85 bits per heavy atom. The molecule has 20 heavy (non-hydrogen) atoms. The molecule has 2 rings (SSSR count). The van der Waals surface area contributed by atoms with Crippen LogP contribution in [0.15, 0.2) is 41.3 Å². The zero-order valence-corrected chi connectivity index (χ0v) is 9.90. The summed E-state index contributed by atoms with van der Waals surface area (Å²) < 4.78 is 40.9. The zero-order chi connectivity index (χ0) is 14.8. The van der Waals surface area contributed by atoms with E-state index in [0.717, 1.165) is 6.07 Å². The number of halogens is 3. The first kappa shape index (κ1) is 13.9. The lowest BCUT2D eigenvalue weighted by molar-refractivity contribution is -0.274. The van der Waals surface area contributed by atoms with Gasteiger partial charge in [-0.25, -0.2) is 0 Å². The van der Waals surface area contributed by atoms with Crippen LogP contribution < -0.4 is 10.3 Å². The van der Waals surface area contributed by atoms with E-state index in [2.05, 4.69) is 9.72 Å². The largest absolute Gasteiger partial charge is 0.573 e. The quantitative estimate of drug-likeness (QED) is 0.881. The number of H-pyrrole nitrogens is 1. The highest BCUT2D eigenvalue weighted by atomic mass is 19.4. The maximum Gasteiger partial charge on any atom is 0.573 e. The van der Waals surface area contributed by atoms with Gasteiger partial charge < -0.3 is 9.72 Å². The minimum Gasteiger partial charge on any atom is -0.405 e. The van der Waals surface area contributed by atoms with Crippen molar-refractivity contribution in [2.75, 3.05) is 0 Å². The lowest BCUT2D eigenvalue weighted by atomic mass is 10.0. The molecule has 0 spiro atoms. The van der Waals surface area contributed by atoms with Crippen LogP contribution in [0.2, 0.25) is 0 Å². The fourth-order valence-corrected chi connectivity index (χ4v) is 1.76. The summed E-state index contributed by atoms with van der Waals surface area (Å²) in [7, 11) is 0. The molecule has 0 bridgehead atoms. The van der Waals surface area contributed by atoms with E-state index in [1.807, 2.05) is 0 Å². The molecule has 0 saturated carbocycles. The van der Waals surface area contributed by atoms with Crippen molar-refractivity contribution in [2.24, 2.45) is 0 Å². The minimum absolute atomic E-state index is 0.0213. The van der Waals surface area contributed by atoms with Crippen molar-refractivity contribution in [3.63, 3.8) is 0 Å². The first-order valence-corrected chi connectivity index (χ1v) is 5.44. The number of rotatable bonds is 3. The Hall–Kier alpha value is -2.57. The summed E-state index contributed by atoms with van der Waals surface area (Å²) in [5.74, 6) is -0.542. The summed E-state index contributed by atoms with van der Waals surface area (Å²) in [6.45, 7) is 0. The van der Waals surface area contributed by atoms with E-state index in [-0.39, 0.29) is 16.7 Å². The van der Waals surface area contributed by atoms with E-state index in [1.54, 1.807) is 0 Å². The number of benzene rings is 1. The Morgan fingerprint density at radius 1 is 1.15 bits per heavy atom. The first-order chi connectivity index (χ1) is 9.42. The molecule has 104 valence electrons. The van der Waals surface area contributed by atoms with Gasteiger partial charge >= 0.3 is 6.36 Å². The molecule has 1 heterocycles. The highest BCUT2D eigenvalue weighted by Gasteiger charge is 2.32. The molecule has 0 radical (unpaired) electrons. The highest BCUT2D eigenvalue weighted by Crippen LogP contribution is 2.33. The monoisotopic (exact) mass is 283 g/mol. The highest BCUT2D eigenvalue weighted by molar-refractivity contribution is 5.88. The summed E-state index contributed by atoms with van der Waals surface area (Å²) in [6.07, 6.45) is -3.25. The van der Waals surface area contributed by atoms with E-state index >= 15 is 0 Å². The van der Waals surface area contributed by atoms with Crippen molar-refractivity contribution in [1.29, 1.82) is 0 Å². The number of hydrogen-bond donors (Lipinski definition) is 1. The fraction of sp³-hybridized carbons (Fsp3) is 0.0769. The Kier molecular flexibility index (Phi) is 3.60. The van der Waals surface area contributed by atoms with Crippen LogP contribution in [0.1, 0.15) is 10.4 Å². The Labute approximate surface area is 110 Å². The van der Waals surface area contributed by atoms with Gasteiger partial charge in [-0.15, -0.1) is 13.2 Å². The summed E-state index contributed by atoms with van der Waals surface area (Å²) in [4.78, 5) is 25.0. The van der Waals surface area contributed by atoms with Crippen LogP contribution in [0.3, 0.4) is 0 Å². The lowest BCUT2D eigenvalue weighted by Gasteiger charge is -2.13. The van der Waals surface area contributed by atoms with Crippen molar-refractivity contribution < 1.29 is 22.7 Å². The van der Waals surface area contributed by atoms with E-state index in [1.165, 1.54) is 30.5 Å². The number of carbonyl (C=O) groups excluding carboxylic acids is 1. The van der Waals surface area contributed by atoms with Crippen LogP contribution in [-0.4, -0.2) is 17.6 Å². The standard InChI is InChI=1S/C13H8F3NO3/c14-13(15,16)20-10-4-2-1-3-9(10)11-8(7-18)5-6-17-12(11)19/h1-7H,(H,17,19). The van der Waals surface area contributed by atoms with Crippen molar-refractivity contribution in [1.82, 2.24) is 4.98 Å². The number of para-hydroxylation sites is 1. The molecule has 0 aliphatic carbocycles. The molecule has 0 aliphatic rings. The van der Waals surface area contributed by atoms with E-state index in [9.17, 15) is 22.8 Å². The maximum absolute atomic E-state index is 12.3. The second-order valence-electron chi connectivity index (χ2n) is 3.80. The van der Waals surface area contributed by atoms with Crippen LogP contribution in [0.5, 0.6) is 5.75 Å². The topological polar surface area (TPSA) is 59.2 Å². The van der Waals surface area contributed by atoms with Crippen LogP contribution >= 0.6 is 0 Å². The molecule has 0 amide bonds. The van der Waals surface area contributed by atoms with Gasteiger partial charge in [0.05, 0.1) is 5.56 Å². The van der Waals surface area contributed by atoms with Crippen molar-refractivity contribution in [3.05, 3.63) is 52.4 Å². The number of carbonyl (C=O) groups is 1. The predicted molar refractivity (Wildman–Crippen MR) is 64.6 cm³/mol. The third-order valence-electron chi connectivity index (χ3n) is 2.50. The van der Waals surface area contributed by atoms with Gasteiger partial charge in [-0.3, -0.25) is 9.59 Å². The summed E-state index contributed by atoms with van der Waals surface area (Å²) in [5, 5.41) is 0. The van der Waals surface area contributed by atoms with Crippen LogP contribution in [0, 0.1) is 0 Å². The smallest absolute Gasteiger partial charge is 0.405 e. The molecule has 0 atom stereocenters. The van der Waals surface area contributed by atoms with Crippen molar-refractivity contribution >= 4 is 6.29 Å². The van der Waals surface area contributed by atoms with Gasteiger partial charge in [-0.05, 0) is 12.1 Å². The molecule has 1 aromatic carbocycles. The zero-order valence-electron chi connectivity index (χ0n) is 9.90. The fourth-order valence-electron chi connectivity index (χ4n) is 1.76. The number of alkyl halides is 3. The van der Waals surface area contributed by atoms with Gasteiger partial charge in [0.1, 0.15) is 5.75 Å². The molecule has 1 N–H and O–H groups in total. The van der Waals surface area contributed by atoms with Gasteiger partial charge in [0.15, 0.2) is 6.29 Å². The molecule has 0 fully saturated rings. The van der Waals surface area contributed by atoms with Gasteiger partial charge in [0.25, 0.3) is 5.56 Å². The Morgan fingerprint density at radius 3 is 2.50 bits per heavy atom. The van der Waals surface area contributed by atoms with Crippen LogP contribution in [-0.2, 0) is 0 Å². The minimum atomic E-state index is -4.89. The van der Waals surface area contributed by atoms with Gasteiger partial charge in [-0.1, -0.05) is 18.2 Å². The number of aromatic nitrogens is 1. The summed E-state index contributed by atoms with van der Waals surface area (Å²) in [5.41, 5.74) is -0.962. The number of pyridine rings is 1. The van der Waals surface area contributed by atoms with Crippen molar-refractivity contribution in [3.8, 4) is 16.9 Å². The van der Waals surface area contributed by atoms with Gasteiger partial charge in [0, 0.05) is 17.3 Å². The number of ether oxygens (including phenoxy) is 1. The number of aldehydes is 1. The van der Waals surface area contributed by atoms with E-state index in [4.69, 9.17) is 0 Å². The Bertz CT molecular complexity index is 692. The average molecular weight is 283 g/mol. The molecule has 7 heteroatoms. The average Bonchev–Trinajstić information content (AvgIpc) is 2.37. The molecule has 1 aromatic heterocycles. The number of aromatic amines is 1.